The van der Waals surface area contributed by atoms with Crippen molar-refractivity contribution in [2.75, 3.05) is 19.4 Å². The molecule has 21 heavy (non-hydrogen) atoms. The quantitative estimate of drug-likeness (QED) is 0.867. The van der Waals surface area contributed by atoms with Gasteiger partial charge in [0.1, 0.15) is 10.6 Å². The molecule has 1 aromatic carbocycles. The Kier molecular flexibility index (Phi) is 5.11. The van der Waals surface area contributed by atoms with Crippen molar-refractivity contribution < 1.29 is 13.2 Å². The Hall–Kier alpha value is -1.27. The van der Waals surface area contributed by atoms with E-state index in [2.05, 4.69) is 0 Å². The molecule has 2 N–H and O–H groups in total. The maximum Gasteiger partial charge on any atom is 0.247 e. The number of nitrogens with two attached hydrogens (primary N) is 1. The van der Waals surface area contributed by atoms with Crippen LogP contribution in [-0.2, 0) is 10.0 Å². The molecule has 0 spiro atoms. The van der Waals surface area contributed by atoms with Gasteiger partial charge in [-0.15, -0.1) is 0 Å². The number of hydrogen-bond acceptors (Lipinski definition) is 4. The molecule has 2 rings (SSSR count). The number of hydrogen-bond donors (Lipinski definition) is 1. The second-order valence-corrected chi connectivity index (χ2v) is 7.30. The van der Waals surface area contributed by atoms with Crippen LogP contribution in [0, 0.1) is 0 Å². The Morgan fingerprint density at radius 3 is 2.76 bits per heavy atom. The number of anilines is 1. The molecule has 0 bridgehead atoms. The summed E-state index contributed by atoms with van der Waals surface area (Å²) in [6.45, 7) is 2.61. The predicted molar refractivity (Wildman–Crippen MR) is 83.8 cm³/mol. The maximum atomic E-state index is 13.0. The van der Waals surface area contributed by atoms with Gasteiger partial charge in [0.05, 0.1) is 7.11 Å². The Bertz CT molecular complexity index is 587. The van der Waals surface area contributed by atoms with Gasteiger partial charge in [-0.3, -0.25) is 0 Å². The third-order valence-electron chi connectivity index (χ3n) is 4.07. The van der Waals surface area contributed by atoms with Crippen LogP contribution in [0.15, 0.2) is 23.1 Å². The number of nitrogens with zero attached hydrogens (tertiary/aromatic N) is 1. The number of sulfonamides is 1. The Labute approximate surface area is 127 Å². The van der Waals surface area contributed by atoms with E-state index < -0.39 is 10.0 Å². The van der Waals surface area contributed by atoms with E-state index in [0.717, 1.165) is 32.1 Å². The summed E-state index contributed by atoms with van der Waals surface area (Å²) in [4.78, 5) is 0.172. The molecular weight excluding hydrogens is 288 g/mol. The number of methoxy groups -OCH3 is 1. The van der Waals surface area contributed by atoms with E-state index in [0.29, 0.717) is 18.0 Å². The lowest BCUT2D eigenvalue weighted by Crippen LogP contribution is -2.39. The Balaban J connectivity index is 2.46. The highest BCUT2D eigenvalue weighted by atomic mass is 32.2. The highest BCUT2D eigenvalue weighted by molar-refractivity contribution is 7.89. The van der Waals surface area contributed by atoms with E-state index in [1.165, 1.54) is 13.2 Å². The molecule has 1 aliphatic rings. The fourth-order valence-electron chi connectivity index (χ4n) is 2.90. The van der Waals surface area contributed by atoms with E-state index in [1.807, 2.05) is 6.92 Å². The molecular formula is C15H24N2O3S. The highest BCUT2D eigenvalue weighted by Crippen LogP contribution is 2.32. The largest absolute Gasteiger partial charge is 0.495 e. The summed E-state index contributed by atoms with van der Waals surface area (Å²) in [7, 11) is -2.11. The molecule has 1 unspecified atom stereocenters. The predicted octanol–water partition coefficient (Wildman–Crippen LogP) is 2.62. The standard InChI is InChI=1S/C15H24N2O3S/c1-3-13-7-5-4-6-10-17(13)21(18,19)15-11-12(16)8-9-14(15)20-2/h8-9,11,13H,3-7,10,16H2,1-2H3. The Morgan fingerprint density at radius 1 is 1.33 bits per heavy atom. The van der Waals surface area contributed by atoms with Gasteiger partial charge in [0.2, 0.25) is 10.0 Å². The summed E-state index contributed by atoms with van der Waals surface area (Å²) >= 11 is 0. The fraction of sp³-hybridized carbons (Fsp3) is 0.600. The van der Waals surface area contributed by atoms with Gasteiger partial charge in [0.25, 0.3) is 0 Å². The van der Waals surface area contributed by atoms with Gasteiger partial charge in [0, 0.05) is 18.3 Å². The van der Waals surface area contributed by atoms with Crippen LogP contribution in [0.4, 0.5) is 5.69 Å². The molecule has 0 aromatic heterocycles. The maximum absolute atomic E-state index is 13.0. The zero-order valence-corrected chi connectivity index (χ0v) is 13.5. The average molecular weight is 312 g/mol. The zero-order chi connectivity index (χ0) is 15.5. The van der Waals surface area contributed by atoms with Crippen LogP contribution in [0.1, 0.15) is 39.0 Å². The molecule has 1 fully saturated rings. The fourth-order valence-corrected chi connectivity index (χ4v) is 4.86. The molecule has 118 valence electrons. The topological polar surface area (TPSA) is 72.6 Å². The van der Waals surface area contributed by atoms with Crippen molar-refractivity contribution in [3.05, 3.63) is 18.2 Å². The van der Waals surface area contributed by atoms with Gasteiger partial charge < -0.3 is 10.5 Å². The van der Waals surface area contributed by atoms with Gasteiger partial charge >= 0.3 is 0 Å². The van der Waals surface area contributed by atoms with Crippen LogP contribution in [-0.4, -0.2) is 32.4 Å². The molecule has 0 aliphatic carbocycles. The first-order valence-corrected chi connectivity index (χ1v) is 8.90. The lowest BCUT2D eigenvalue weighted by Gasteiger charge is -2.29. The van der Waals surface area contributed by atoms with E-state index >= 15 is 0 Å². The monoisotopic (exact) mass is 312 g/mol. The first-order valence-electron chi connectivity index (χ1n) is 7.46. The van der Waals surface area contributed by atoms with Crippen molar-refractivity contribution in [1.29, 1.82) is 0 Å². The Morgan fingerprint density at radius 2 is 2.10 bits per heavy atom. The molecule has 0 amide bonds. The van der Waals surface area contributed by atoms with Crippen molar-refractivity contribution in [3.63, 3.8) is 0 Å². The SMILES string of the molecule is CCC1CCCCCN1S(=O)(=O)c1cc(N)ccc1OC. The van der Waals surface area contributed by atoms with Crippen LogP contribution < -0.4 is 10.5 Å². The van der Waals surface area contributed by atoms with Crippen molar-refractivity contribution in [3.8, 4) is 5.75 Å². The minimum absolute atomic E-state index is 0.0589. The summed E-state index contributed by atoms with van der Waals surface area (Å²) in [6.07, 6.45) is 4.81. The lowest BCUT2D eigenvalue weighted by atomic mass is 10.1. The minimum atomic E-state index is -3.58. The second-order valence-electron chi connectivity index (χ2n) is 5.44. The van der Waals surface area contributed by atoms with Crippen LogP contribution in [0.3, 0.4) is 0 Å². The molecule has 1 aromatic rings. The summed E-state index contributed by atoms with van der Waals surface area (Å²) in [5.41, 5.74) is 6.20. The molecule has 6 heteroatoms. The van der Waals surface area contributed by atoms with Gasteiger partial charge in [-0.05, 0) is 37.5 Å². The third kappa shape index (κ3) is 3.32. The number of nitrogen functional groups attached to an aromatic ring is 1. The summed E-state index contributed by atoms with van der Waals surface area (Å²) < 4.78 is 32.9. The first kappa shape index (κ1) is 16.1. The molecule has 0 radical (unpaired) electrons. The second kappa shape index (κ2) is 6.66. The van der Waals surface area contributed by atoms with Crippen LogP contribution in [0.5, 0.6) is 5.75 Å². The van der Waals surface area contributed by atoms with E-state index in [4.69, 9.17) is 10.5 Å². The van der Waals surface area contributed by atoms with E-state index in [9.17, 15) is 8.42 Å². The molecule has 1 atom stereocenters. The van der Waals surface area contributed by atoms with Gasteiger partial charge in [0.15, 0.2) is 0 Å². The molecule has 1 heterocycles. The average Bonchev–Trinajstić information content (AvgIpc) is 2.72. The summed E-state index contributed by atoms with van der Waals surface area (Å²) in [5, 5.41) is 0. The number of rotatable bonds is 4. The lowest BCUT2D eigenvalue weighted by molar-refractivity contribution is 0.312. The van der Waals surface area contributed by atoms with Crippen molar-refractivity contribution in [1.82, 2.24) is 4.31 Å². The highest BCUT2D eigenvalue weighted by Gasteiger charge is 2.33. The van der Waals surface area contributed by atoms with Crippen molar-refractivity contribution >= 4 is 15.7 Å². The zero-order valence-electron chi connectivity index (χ0n) is 12.7. The minimum Gasteiger partial charge on any atom is -0.495 e. The normalized spacial score (nSPS) is 21.0. The third-order valence-corrected chi connectivity index (χ3v) is 6.04. The summed E-state index contributed by atoms with van der Waals surface area (Å²) in [6, 6.07) is 4.81. The molecule has 1 aliphatic heterocycles. The van der Waals surface area contributed by atoms with Crippen molar-refractivity contribution in [2.45, 2.75) is 50.0 Å². The van der Waals surface area contributed by atoms with Crippen LogP contribution >= 0.6 is 0 Å². The van der Waals surface area contributed by atoms with Gasteiger partial charge in [-0.2, -0.15) is 4.31 Å². The number of benzene rings is 1. The first-order chi connectivity index (χ1) is 10.0. The molecule has 0 saturated carbocycles. The molecule has 5 nitrogen and oxygen atoms in total. The summed E-state index contributed by atoms with van der Waals surface area (Å²) in [5.74, 6) is 0.350. The van der Waals surface area contributed by atoms with Crippen LogP contribution in [0.2, 0.25) is 0 Å². The van der Waals surface area contributed by atoms with Crippen LogP contribution in [0.25, 0.3) is 0 Å². The molecule has 1 saturated heterocycles. The smallest absolute Gasteiger partial charge is 0.247 e. The van der Waals surface area contributed by atoms with E-state index in [-0.39, 0.29) is 10.9 Å². The van der Waals surface area contributed by atoms with Gasteiger partial charge in [-0.25, -0.2) is 8.42 Å². The number of ether oxygens (including phenoxy) is 1. The van der Waals surface area contributed by atoms with Gasteiger partial charge in [-0.1, -0.05) is 19.8 Å². The van der Waals surface area contributed by atoms with Crippen molar-refractivity contribution in [2.24, 2.45) is 0 Å². The van der Waals surface area contributed by atoms with E-state index in [1.54, 1.807) is 16.4 Å².